The first-order valence-electron chi connectivity index (χ1n) is 11.1. The van der Waals surface area contributed by atoms with Crippen LogP contribution in [0.4, 0.5) is 0 Å². The molecule has 0 rings (SSSR count). The molecule has 28 heavy (non-hydrogen) atoms. The van der Waals surface area contributed by atoms with Crippen LogP contribution in [0.15, 0.2) is 0 Å². The average Bonchev–Trinajstić information content (AvgIpc) is 2.62. The number of likely N-dealkylation sites (N-methyl/N-ethyl adjacent to an activating group) is 1. The molecule has 0 saturated carbocycles. The molecule has 0 unspecified atom stereocenters. The van der Waals surface area contributed by atoms with Crippen LogP contribution in [-0.2, 0) is 14.6 Å². The minimum Gasteiger partial charge on any atom is -0.726 e. The van der Waals surface area contributed by atoms with Crippen molar-refractivity contribution in [1.82, 2.24) is 0 Å². The van der Waals surface area contributed by atoms with Crippen LogP contribution in [0.1, 0.15) is 96.8 Å². The van der Waals surface area contributed by atoms with Crippen molar-refractivity contribution in [3.05, 3.63) is 0 Å². The molecule has 0 amide bonds. The minimum absolute atomic E-state index is 0.311. The largest absolute Gasteiger partial charge is 0.726 e. The molecule has 1 N–H and O–H groups in total. The highest BCUT2D eigenvalue weighted by Crippen LogP contribution is 2.13. The minimum atomic E-state index is -4.41. The van der Waals surface area contributed by atoms with E-state index in [-0.39, 0.29) is 0 Å². The first kappa shape index (κ1) is 30.0. The zero-order valence-electron chi connectivity index (χ0n) is 19.0. The molecule has 172 valence electrons. The Morgan fingerprint density at radius 1 is 0.750 bits per heavy atom. The summed E-state index contributed by atoms with van der Waals surface area (Å²) in [6, 6.07) is 0. The topological polar surface area (TPSA) is 86.7 Å². The van der Waals surface area contributed by atoms with Gasteiger partial charge in [-0.3, -0.25) is 4.18 Å². The van der Waals surface area contributed by atoms with Crippen molar-refractivity contribution < 1.29 is 26.7 Å². The summed E-state index contributed by atoms with van der Waals surface area (Å²) in [7, 11) is 0.837. The van der Waals surface area contributed by atoms with E-state index in [1.165, 1.54) is 96.4 Å². The van der Waals surface area contributed by atoms with E-state index >= 15 is 0 Å². The quantitative estimate of drug-likeness (QED) is 0.150. The number of quaternary nitrogens is 1. The highest BCUT2D eigenvalue weighted by atomic mass is 32.3. The lowest BCUT2D eigenvalue weighted by molar-refractivity contribution is -0.890. The summed E-state index contributed by atoms with van der Waals surface area (Å²) in [6.07, 6.45) is 19.9. The van der Waals surface area contributed by atoms with E-state index in [0.29, 0.717) is 6.61 Å². The van der Waals surface area contributed by atoms with E-state index in [9.17, 15) is 13.0 Å². The Morgan fingerprint density at radius 3 is 1.36 bits per heavy atom. The molecule has 6 nitrogen and oxygen atoms in total. The van der Waals surface area contributed by atoms with Gasteiger partial charge in [0.05, 0.1) is 34.4 Å². The number of unbranched alkanes of at least 4 members (excludes halogenated alkanes) is 13. The fourth-order valence-corrected chi connectivity index (χ4v) is 3.12. The first-order chi connectivity index (χ1) is 13.2. The van der Waals surface area contributed by atoms with Gasteiger partial charge in [-0.25, -0.2) is 8.42 Å². The van der Waals surface area contributed by atoms with Crippen LogP contribution in [0.2, 0.25) is 0 Å². The van der Waals surface area contributed by atoms with Gasteiger partial charge in [0.25, 0.3) is 0 Å². The molecular weight excluding hydrogens is 378 g/mol. The van der Waals surface area contributed by atoms with Crippen LogP contribution in [0.5, 0.6) is 0 Å². The van der Waals surface area contributed by atoms with Crippen molar-refractivity contribution in [3.63, 3.8) is 0 Å². The Hall–Kier alpha value is -0.210. The van der Waals surface area contributed by atoms with Crippen molar-refractivity contribution in [2.24, 2.45) is 0 Å². The van der Waals surface area contributed by atoms with E-state index in [0.717, 1.165) is 18.1 Å². The number of aliphatic hydroxyl groups is 1. The average molecular weight is 426 g/mol. The van der Waals surface area contributed by atoms with Crippen molar-refractivity contribution in [1.29, 1.82) is 0 Å². The maximum atomic E-state index is 9.22. The van der Waals surface area contributed by atoms with E-state index in [1.54, 1.807) is 0 Å². The molecule has 0 saturated heterocycles. The van der Waals surface area contributed by atoms with E-state index in [2.05, 4.69) is 25.2 Å². The molecule has 0 radical (unpaired) electrons. The van der Waals surface area contributed by atoms with Gasteiger partial charge < -0.3 is 14.1 Å². The summed E-state index contributed by atoms with van der Waals surface area (Å²) in [4.78, 5) is 0. The highest BCUT2D eigenvalue weighted by Gasteiger charge is 2.12. The summed E-state index contributed by atoms with van der Waals surface area (Å²) in [5.74, 6) is 0. The van der Waals surface area contributed by atoms with Crippen LogP contribution in [0.25, 0.3) is 0 Å². The van der Waals surface area contributed by atoms with Crippen LogP contribution in [0.3, 0.4) is 0 Å². The van der Waals surface area contributed by atoms with Crippen molar-refractivity contribution in [2.45, 2.75) is 96.8 Å². The predicted molar refractivity (Wildman–Crippen MR) is 116 cm³/mol. The molecule has 0 aliphatic heterocycles. The Bertz CT molecular complexity index is 413. The molecule has 0 bridgehead atoms. The molecule has 0 aromatic rings. The number of hydrogen-bond donors (Lipinski definition) is 1. The summed E-state index contributed by atoms with van der Waals surface area (Å²) in [6.45, 7) is 4.69. The second-order valence-electron chi connectivity index (χ2n) is 8.28. The second kappa shape index (κ2) is 20.1. The van der Waals surface area contributed by atoms with Gasteiger partial charge in [-0.05, 0) is 12.8 Å². The van der Waals surface area contributed by atoms with Gasteiger partial charge >= 0.3 is 0 Å². The summed E-state index contributed by atoms with van der Waals surface area (Å²) in [5, 5.41) is 9.00. The summed E-state index contributed by atoms with van der Waals surface area (Å²) >= 11 is 0. The molecule has 0 aliphatic rings. The molecule has 0 aliphatic carbocycles. The zero-order valence-corrected chi connectivity index (χ0v) is 19.8. The first-order valence-corrected chi connectivity index (χ1v) is 12.5. The third-order valence-electron chi connectivity index (χ3n) is 5.03. The van der Waals surface area contributed by atoms with Crippen LogP contribution in [-0.4, -0.2) is 63.5 Å². The molecule has 0 aromatic carbocycles. The standard InChI is InChI=1S/C20H44NO.CH4O4S/c1-4-5-6-7-8-9-10-11-12-13-14-15-16-17-18-21(2,3)19-20-22;1-5-6(2,3)4/h22H,4-20H2,1-3H3;1H3,(H,2,3,4)/q+1;/p-1. The Kier molecular flexibility index (Phi) is 21.5. The van der Waals surface area contributed by atoms with E-state index in [1.807, 2.05) is 0 Å². The SMILES string of the molecule is CCCCCCCCCCCCCCCC[N+](C)(C)CCO.COS(=O)(=O)[O-]. The molecule has 0 aromatic heterocycles. The fraction of sp³-hybridized carbons (Fsp3) is 1.00. The van der Waals surface area contributed by atoms with E-state index < -0.39 is 10.4 Å². The monoisotopic (exact) mass is 425 g/mol. The molecule has 0 atom stereocenters. The highest BCUT2D eigenvalue weighted by molar-refractivity contribution is 7.80. The van der Waals surface area contributed by atoms with Gasteiger partial charge in [0.1, 0.15) is 6.54 Å². The molecule has 0 spiro atoms. The van der Waals surface area contributed by atoms with Gasteiger partial charge in [0.2, 0.25) is 10.4 Å². The second-order valence-corrected chi connectivity index (χ2v) is 9.43. The number of nitrogens with zero attached hydrogens (tertiary/aromatic N) is 1. The van der Waals surface area contributed by atoms with Crippen molar-refractivity contribution >= 4 is 10.4 Å². The third kappa shape index (κ3) is 28.0. The van der Waals surface area contributed by atoms with Gasteiger partial charge in [0, 0.05) is 0 Å². The van der Waals surface area contributed by atoms with Crippen molar-refractivity contribution in [3.8, 4) is 0 Å². The molecular formula is C21H47NO5S. The lowest BCUT2D eigenvalue weighted by Gasteiger charge is -2.28. The fourth-order valence-electron chi connectivity index (χ4n) is 3.12. The summed E-state index contributed by atoms with van der Waals surface area (Å²) in [5.41, 5.74) is 0. The zero-order chi connectivity index (χ0) is 21.7. The lowest BCUT2D eigenvalue weighted by Crippen LogP contribution is -2.42. The third-order valence-corrected chi connectivity index (χ3v) is 5.43. The van der Waals surface area contributed by atoms with Gasteiger partial charge in [-0.2, -0.15) is 0 Å². The van der Waals surface area contributed by atoms with Gasteiger partial charge in [0.15, 0.2) is 0 Å². The smallest absolute Gasteiger partial charge is 0.217 e. The number of aliphatic hydroxyl groups excluding tert-OH is 1. The van der Waals surface area contributed by atoms with Crippen LogP contribution >= 0.6 is 0 Å². The maximum Gasteiger partial charge on any atom is 0.217 e. The maximum absolute atomic E-state index is 9.22. The Labute approximate surface area is 175 Å². The van der Waals surface area contributed by atoms with Gasteiger partial charge in [-0.1, -0.05) is 84.0 Å². The molecule has 0 fully saturated rings. The Balaban J connectivity index is 0. The molecule has 7 heteroatoms. The van der Waals surface area contributed by atoms with Crippen molar-refractivity contribution in [2.75, 3.05) is 40.9 Å². The predicted octanol–water partition coefficient (Wildman–Crippen LogP) is 4.63. The Morgan fingerprint density at radius 2 is 1.07 bits per heavy atom. The summed E-state index contributed by atoms with van der Waals surface area (Å²) < 4.78 is 32.0. The molecule has 0 heterocycles. The van der Waals surface area contributed by atoms with E-state index in [4.69, 9.17) is 5.11 Å². The lowest BCUT2D eigenvalue weighted by atomic mass is 10.0. The number of hydrogen-bond acceptors (Lipinski definition) is 5. The number of rotatable bonds is 18. The van der Waals surface area contributed by atoms with Crippen LogP contribution in [0, 0.1) is 0 Å². The van der Waals surface area contributed by atoms with Crippen LogP contribution < -0.4 is 0 Å². The van der Waals surface area contributed by atoms with Gasteiger partial charge in [-0.15, -0.1) is 0 Å². The normalized spacial score (nSPS) is 11.9.